The highest BCUT2D eigenvalue weighted by Crippen LogP contribution is 2.25. The Morgan fingerprint density at radius 1 is 1.30 bits per heavy atom. The van der Waals surface area contributed by atoms with Crippen molar-refractivity contribution in [2.45, 2.75) is 17.4 Å². The van der Waals surface area contributed by atoms with Gasteiger partial charge in [-0.2, -0.15) is 0 Å². The monoisotopic (exact) mass is 338 g/mol. The van der Waals surface area contributed by atoms with Gasteiger partial charge in [0.2, 0.25) is 5.91 Å². The lowest BCUT2D eigenvalue weighted by Gasteiger charge is -2.34. The Hall–Kier alpha value is -1.44. The summed E-state index contributed by atoms with van der Waals surface area (Å²) in [5.74, 6) is 0.261. The fraction of sp³-hybridized carbons (Fsp3) is 0.562. The number of ether oxygens (including phenoxy) is 1. The molecule has 23 heavy (non-hydrogen) atoms. The molecule has 1 aromatic carbocycles. The summed E-state index contributed by atoms with van der Waals surface area (Å²) in [5.41, 5.74) is 0.902. The molecule has 2 heterocycles. The minimum Gasteiger partial charge on any atom is -0.370 e. The van der Waals surface area contributed by atoms with Crippen LogP contribution in [-0.4, -0.2) is 58.3 Å². The van der Waals surface area contributed by atoms with Gasteiger partial charge in [0.25, 0.3) is 0 Å². The van der Waals surface area contributed by atoms with Crippen molar-refractivity contribution in [1.82, 2.24) is 10.2 Å². The third kappa shape index (κ3) is 3.73. The molecule has 7 heteroatoms. The van der Waals surface area contributed by atoms with Crippen molar-refractivity contribution < 1.29 is 17.9 Å². The molecule has 0 saturated carbocycles. The molecule has 1 aromatic rings. The van der Waals surface area contributed by atoms with Crippen LogP contribution in [0.4, 0.5) is 0 Å². The molecular formula is C16H22N2O4S. The van der Waals surface area contributed by atoms with Crippen LogP contribution in [0.25, 0.3) is 0 Å². The number of carbonyl (C=O) groups is 1. The Bertz CT molecular complexity index is 666. The number of benzene rings is 1. The lowest BCUT2D eigenvalue weighted by atomic mass is 10.0. The fourth-order valence-electron chi connectivity index (χ4n) is 3.10. The van der Waals surface area contributed by atoms with Crippen molar-refractivity contribution in [3.8, 4) is 0 Å². The second-order valence-corrected chi connectivity index (χ2v) is 8.19. The van der Waals surface area contributed by atoms with Gasteiger partial charge in [-0.05, 0) is 30.7 Å². The van der Waals surface area contributed by atoms with E-state index in [1.165, 1.54) is 6.26 Å². The summed E-state index contributed by atoms with van der Waals surface area (Å²) in [6.07, 6.45) is 1.88. The van der Waals surface area contributed by atoms with Gasteiger partial charge < -0.3 is 15.0 Å². The zero-order valence-corrected chi connectivity index (χ0v) is 14.0. The minimum atomic E-state index is -3.20. The van der Waals surface area contributed by atoms with E-state index >= 15 is 0 Å². The number of sulfone groups is 1. The summed E-state index contributed by atoms with van der Waals surface area (Å²) in [6.45, 7) is 3.30. The Morgan fingerprint density at radius 3 is 2.65 bits per heavy atom. The van der Waals surface area contributed by atoms with Crippen molar-refractivity contribution in [3.63, 3.8) is 0 Å². The van der Waals surface area contributed by atoms with Crippen LogP contribution in [0.2, 0.25) is 0 Å². The average molecular weight is 338 g/mol. The van der Waals surface area contributed by atoms with Crippen LogP contribution in [-0.2, 0) is 19.4 Å². The van der Waals surface area contributed by atoms with E-state index in [2.05, 4.69) is 5.32 Å². The largest absolute Gasteiger partial charge is 0.370 e. The summed E-state index contributed by atoms with van der Waals surface area (Å²) >= 11 is 0. The summed E-state index contributed by atoms with van der Waals surface area (Å²) in [7, 11) is -3.20. The molecule has 2 aliphatic rings. The van der Waals surface area contributed by atoms with Gasteiger partial charge in [-0.3, -0.25) is 4.79 Å². The molecule has 2 saturated heterocycles. The average Bonchev–Trinajstić information content (AvgIpc) is 3.08. The molecule has 0 radical (unpaired) electrons. The first kappa shape index (κ1) is 16.4. The number of rotatable bonds is 3. The summed E-state index contributed by atoms with van der Waals surface area (Å²) in [5, 5.41) is 3.22. The SMILES string of the molecule is CS(=O)(=O)c1ccc(C2CN(C(=O)[C@@H]3CCNC3)CCO2)cc1. The molecular weight excluding hydrogens is 316 g/mol. The molecule has 3 rings (SSSR count). The second-order valence-electron chi connectivity index (χ2n) is 6.17. The van der Waals surface area contributed by atoms with E-state index in [4.69, 9.17) is 4.74 Å². The van der Waals surface area contributed by atoms with Crippen LogP contribution in [0.15, 0.2) is 29.2 Å². The molecule has 0 aromatic heterocycles. The first-order valence-corrected chi connectivity index (χ1v) is 9.75. The Balaban J connectivity index is 1.69. The lowest BCUT2D eigenvalue weighted by Crippen LogP contribution is -2.45. The molecule has 2 fully saturated rings. The van der Waals surface area contributed by atoms with E-state index in [0.717, 1.165) is 25.1 Å². The first-order valence-electron chi connectivity index (χ1n) is 7.86. The van der Waals surface area contributed by atoms with Crippen molar-refractivity contribution in [2.75, 3.05) is 39.0 Å². The van der Waals surface area contributed by atoms with Gasteiger partial charge >= 0.3 is 0 Å². The number of amides is 1. The molecule has 1 N–H and O–H groups in total. The van der Waals surface area contributed by atoms with Crippen molar-refractivity contribution >= 4 is 15.7 Å². The van der Waals surface area contributed by atoms with Gasteiger partial charge in [-0.15, -0.1) is 0 Å². The normalized spacial score (nSPS) is 25.5. The molecule has 0 spiro atoms. The Labute approximate surface area is 136 Å². The zero-order valence-electron chi connectivity index (χ0n) is 13.2. The van der Waals surface area contributed by atoms with Crippen LogP contribution in [0.3, 0.4) is 0 Å². The van der Waals surface area contributed by atoms with Crippen LogP contribution in [0.1, 0.15) is 18.1 Å². The maximum atomic E-state index is 12.5. The second kappa shape index (κ2) is 6.59. The van der Waals surface area contributed by atoms with Crippen molar-refractivity contribution in [3.05, 3.63) is 29.8 Å². The molecule has 0 aliphatic carbocycles. The number of carbonyl (C=O) groups excluding carboxylic acids is 1. The quantitative estimate of drug-likeness (QED) is 0.873. The number of nitrogens with zero attached hydrogens (tertiary/aromatic N) is 1. The number of nitrogens with one attached hydrogen (secondary N) is 1. The Morgan fingerprint density at radius 2 is 2.04 bits per heavy atom. The number of hydrogen-bond acceptors (Lipinski definition) is 5. The maximum Gasteiger partial charge on any atom is 0.227 e. The third-order valence-electron chi connectivity index (χ3n) is 4.47. The van der Waals surface area contributed by atoms with Crippen molar-refractivity contribution in [2.24, 2.45) is 5.92 Å². The van der Waals surface area contributed by atoms with Crippen LogP contribution in [0, 0.1) is 5.92 Å². The molecule has 0 bridgehead atoms. The van der Waals surface area contributed by atoms with Gasteiger partial charge in [0.15, 0.2) is 9.84 Å². The van der Waals surface area contributed by atoms with Gasteiger partial charge in [-0.25, -0.2) is 8.42 Å². The van der Waals surface area contributed by atoms with E-state index < -0.39 is 9.84 Å². The van der Waals surface area contributed by atoms with E-state index in [1.807, 2.05) is 4.90 Å². The third-order valence-corrected chi connectivity index (χ3v) is 5.60. The van der Waals surface area contributed by atoms with E-state index in [0.29, 0.717) is 24.6 Å². The molecule has 2 atom stereocenters. The smallest absolute Gasteiger partial charge is 0.227 e. The number of hydrogen-bond donors (Lipinski definition) is 1. The minimum absolute atomic E-state index is 0.0707. The van der Waals surface area contributed by atoms with Gasteiger partial charge in [0, 0.05) is 19.3 Å². The topological polar surface area (TPSA) is 75.7 Å². The lowest BCUT2D eigenvalue weighted by molar-refractivity contribution is -0.142. The van der Waals surface area contributed by atoms with Gasteiger partial charge in [0.1, 0.15) is 6.10 Å². The summed E-state index contributed by atoms with van der Waals surface area (Å²) < 4.78 is 28.8. The zero-order chi connectivity index (χ0) is 16.4. The molecule has 6 nitrogen and oxygen atoms in total. The van der Waals surface area contributed by atoms with Crippen LogP contribution >= 0.6 is 0 Å². The molecule has 1 amide bonds. The standard InChI is InChI=1S/C16H22N2O4S/c1-23(20,21)14-4-2-12(3-5-14)15-11-18(8-9-22-15)16(19)13-6-7-17-10-13/h2-5,13,15,17H,6-11H2,1H3/t13-,15?/m1/s1. The highest BCUT2D eigenvalue weighted by atomic mass is 32.2. The van der Waals surface area contributed by atoms with Gasteiger partial charge in [0.05, 0.1) is 24.0 Å². The maximum absolute atomic E-state index is 12.5. The highest BCUT2D eigenvalue weighted by Gasteiger charge is 2.31. The predicted octanol–water partition coefficient (Wildman–Crippen LogP) is 0.600. The number of morpholine rings is 1. The van der Waals surface area contributed by atoms with E-state index in [9.17, 15) is 13.2 Å². The summed E-state index contributed by atoms with van der Waals surface area (Å²) in [4.78, 5) is 14.7. The molecule has 126 valence electrons. The van der Waals surface area contributed by atoms with E-state index in [1.54, 1.807) is 24.3 Å². The van der Waals surface area contributed by atoms with Crippen molar-refractivity contribution in [1.29, 1.82) is 0 Å². The van der Waals surface area contributed by atoms with Crippen LogP contribution < -0.4 is 5.32 Å². The van der Waals surface area contributed by atoms with E-state index in [-0.39, 0.29) is 17.9 Å². The molecule has 1 unspecified atom stereocenters. The Kier molecular flexibility index (Phi) is 4.70. The van der Waals surface area contributed by atoms with Gasteiger partial charge in [-0.1, -0.05) is 12.1 Å². The highest BCUT2D eigenvalue weighted by molar-refractivity contribution is 7.90. The molecule has 2 aliphatic heterocycles. The fourth-order valence-corrected chi connectivity index (χ4v) is 3.73. The predicted molar refractivity (Wildman–Crippen MR) is 85.8 cm³/mol. The van der Waals surface area contributed by atoms with Crippen LogP contribution in [0.5, 0.6) is 0 Å². The first-order chi connectivity index (χ1) is 10.9. The summed E-state index contributed by atoms with van der Waals surface area (Å²) in [6, 6.07) is 6.73.